The van der Waals surface area contributed by atoms with E-state index in [1.54, 1.807) is 18.0 Å². The van der Waals surface area contributed by atoms with Gasteiger partial charge in [-0.3, -0.25) is 0 Å². The van der Waals surface area contributed by atoms with Crippen molar-refractivity contribution < 1.29 is 0 Å². The van der Waals surface area contributed by atoms with Gasteiger partial charge in [0.25, 0.3) is 0 Å². The number of aromatic nitrogens is 1. The van der Waals surface area contributed by atoms with E-state index in [0.29, 0.717) is 10.8 Å². The molecule has 1 heterocycles. The fourth-order valence-electron chi connectivity index (χ4n) is 0.982. The Bertz CT molecular complexity index is 339. The molecule has 0 unspecified atom stereocenters. The summed E-state index contributed by atoms with van der Waals surface area (Å²) in [4.78, 5) is 4.19. The van der Waals surface area contributed by atoms with Gasteiger partial charge in [0.2, 0.25) is 0 Å². The van der Waals surface area contributed by atoms with E-state index >= 15 is 0 Å². The smallest absolute Gasteiger partial charge is 0.114 e. The fourth-order valence-corrected chi connectivity index (χ4v) is 1.87. The molecule has 0 saturated carbocycles. The van der Waals surface area contributed by atoms with Crippen molar-refractivity contribution in [3.8, 4) is 6.07 Å². The molecular weight excluding hydrogens is 180 g/mol. The topological polar surface area (TPSA) is 36.7 Å². The Morgan fingerprint density at radius 3 is 2.77 bits per heavy atom. The van der Waals surface area contributed by atoms with Crippen LogP contribution in [0, 0.1) is 18.3 Å². The number of pyridine rings is 1. The van der Waals surface area contributed by atoms with Gasteiger partial charge in [-0.25, -0.2) is 4.98 Å². The zero-order valence-electron chi connectivity index (χ0n) is 8.03. The molecule has 1 rings (SSSR count). The van der Waals surface area contributed by atoms with E-state index in [0.717, 1.165) is 10.6 Å². The third-order valence-corrected chi connectivity index (χ3v) is 2.59. The molecule has 0 aromatic carbocycles. The van der Waals surface area contributed by atoms with Crippen molar-refractivity contribution in [1.82, 2.24) is 4.98 Å². The van der Waals surface area contributed by atoms with Crippen molar-refractivity contribution in [3.05, 3.63) is 23.4 Å². The minimum absolute atomic E-state index is 0.460. The summed E-state index contributed by atoms with van der Waals surface area (Å²) < 4.78 is 0. The molecule has 0 bridgehead atoms. The summed E-state index contributed by atoms with van der Waals surface area (Å²) in [7, 11) is 0. The normalized spacial score (nSPS) is 10.1. The summed E-state index contributed by atoms with van der Waals surface area (Å²) in [5.74, 6) is 0. The second kappa shape index (κ2) is 4.29. The van der Waals surface area contributed by atoms with Crippen LogP contribution in [-0.4, -0.2) is 10.2 Å². The average Bonchev–Trinajstić information content (AvgIpc) is 2.03. The van der Waals surface area contributed by atoms with E-state index in [2.05, 4.69) is 24.9 Å². The molecule has 0 aliphatic carbocycles. The summed E-state index contributed by atoms with van der Waals surface area (Å²) >= 11 is 1.63. The Balaban J connectivity index is 3.07. The van der Waals surface area contributed by atoms with Crippen LogP contribution in [0.25, 0.3) is 0 Å². The van der Waals surface area contributed by atoms with Crippen LogP contribution in [0.2, 0.25) is 0 Å². The number of hydrogen-bond donors (Lipinski definition) is 0. The summed E-state index contributed by atoms with van der Waals surface area (Å²) in [6, 6.07) is 4.05. The van der Waals surface area contributed by atoms with Gasteiger partial charge in [-0.15, -0.1) is 11.8 Å². The van der Waals surface area contributed by atoms with Gasteiger partial charge >= 0.3 is 0 Å². The molecule has 0 amide bonds. The molecule has 1 aromatic heterocycles. The summed E-state index contributed by atoms with van der Waals surface area (Å²) in [6.45, 7) is 6.12. The first-order chi connectivity index (χ1) is 6.15. The maximum Gasteiger partial charge on any atom is 0.114 e. The van der Waals surface area contributed by atoms with Gasteiger partial charge < -0.3 is 0 Å². The second-order valence-electron chi connectivity index (χ2n) is 3.09. The number of rotatable bonds is 2. The molecule has 0 fully saturated rings. The minimum Gasteiger partial charge on any atom is -0.249 e. The average molecular weight is 192 g/mol. The Labute approximate surface area is 83.0 Å². The molecule has 68 valence electrons. The minimum atomic E-state index is 0.460. The molecular formula is C10H12N2S. The Morgan fingerprint density at radius 2 is 2.23 bits per heavy atom. The molecule has 0 aliphatic heterocycles. The second-order valence-corrected chi connectivity index (χ2v) is 4.65. The van der Waals surface area contributed by atoms with E-state index in [1.165, 1.54) is 0 Å². The van der Waals surface area contributed by atoms with Crippen molar-refractivity contribution in [1.29, 1.82) is 5.26 Å². The maximum atomic E-state index is 8.91. The van der Waals surface area contributed by atoms with Gasteiger partial charge in [0.1, 0.15) is 11.1 Å². The zero-order chi connectivity index (χ0) is 9.84. The van der Waals surface area contributed by atoms with E-state index in [-0.39, 0.29) is 0 Å². The lowest BCUT2D eigenvalue weighted by Crippen LogP contribution is -1.94. The SMILES string of the molecule is Cc1ccnc(SC(C)C)c1C#N. The highest BCUT2D eigenvalue weighted by atomic mass is 32.2. The van der Waals surface area contributed by atoms with Crippen LogP contribution in [0.1, 0.15) is 25.0 Å². The highest BCUT2D eigenvalue weighted by molar-refractivity contribution is 7.99. The summed E-state index contributed by atoms with van der Waals surface area (Å²) in [6.07, 6.45) is 1.75. The summed E-state index contributed by atoms with van der Waals surface area (Å²) in [5.41, 5.74) is 1.71. The van der Waals surface area contributed by atoms with Gasteiger partial charge in [0, 0.05) is 11.4 Å². The largest absolute Gasteiger partial charge is 0.249 e. The Morgan fingerprint density at radius 1 is 1.54 bits per heavy atom. The molecule has 3 heteroatoms. The molecule has 13 heavy (non-hydrogen) atoms. The zero-order valence-corrected chi connectivity index (χ0v) is 8.85. The molecule has 1 aromatic rings. The van der Waals surface area contributed by atoms with Crippen molar-refractivity contribution in [2.75, 3.05) is 0 Å². The third-order valence-electron chi connectivity index (χ3n) is 1.58. The van der Waals surface area contributed by atoms with Crippen LogP contribution in [0.4, 0.5) is 0 Å². The number of aryl methyl sites for hydroxylation is 1. The lowest BCUT2D eigenvalue weighted by Gasteiger charge is -2.06. The summed E-state index contributed by atoms with van der Waals surface area (Å²) in [5, 5.41) is 10.2. The quantitative estimate of drug-likeness (QED) is 0.676. The Kier molecular flexibility index (Phi) is 3.32. The highest BCUT2D eigenvalue weighted by Crippen LogP contribution is 2.25. The van der Waals surface area contributed by atoms with Crippen LogP contribution in [0.15, 0.2) is 17.3 Å². The van der Waals surface area contributed by atoms with E-state index in [9.17, 15) is 0 Å². The first kappa shape index (κ1) is 10.1. The number of nitrogens with zero attached hydrogens (tertiary/aromatic N) is 2. The standard InChI is InChI=1S/C10H12N2S/c1-7(2)13-10-9(6-11)8(3)4-5-12-10/h4-5,7H,1-3H3. The van der Waals surface area contributed by atoms with E-state index in [4.69, 9.17) is 5.26 Å². The van der Waals surface area contributed by atoms with Crippen LogP contribution < -0.4 is 0 Å². The third kappa shape index (κ3) is 2.46. The predicted molar refractivity (Wildman–Crippen MR) is 54.7 cm³/mol. The van der Waals surface area contributed by atoms with Crippen LogP contribution in [-0.2, 0) is 0 Å². The van der Waals surface area contributed by atoms with Crippen molar-refractivity contribution in [2.45, 2.75) is 31.0 Å². The first-order valence-electron chi connectivity index (χ1n) is 4.17. The molecule has 0 radical (unpaired) electrons. The van der Waals surface area contributed by atoms with Gasteiger partial charge in [0.05, 0.1) is 5.56 Å². The lowest BCUT2D eigenvalue weighted by atomic mass is 10.2. The molecule has 0 spiro atoms. The highest BCUT2D eigenvalue weighted by Gasteiger charge is 2.08. The number of hydrogen-bond acceptors (Lipinski definition) is 3. The van der Waals surface area contributed by atoms with Crippen molar-refractivity contribution in [2.24, 2.45) is 0 Å². The molecule has 0 atom stereocenters. The van der Waals surface area contributed by atoms with Gasteiger partial charge in [-0.2, -0.15) is 5.26 Å². The van der Waals surface area contributed by atoms with Crippen LogP contribution in [0.3, 0.4) is 0 Å². The molecule has 0 N–H and O–H groups in total. The Hall–Kier alpha value is -1.01. The molecule has 2 nitrogen and oxygen atoms in total. The van der Waals surface area contributed by atoms with Crippen molar-refractivity contribution >= 4 is 11.8 Å². The number of thioether (sulfide) groups is 1. The van der Waals surface area contributed by atoms with Gasteiger partial charge in [-0.1, -0.05) is 13.8 Å². The predicted octanol–water partition coefficient (Wildman–Crippen LogP) is 2.76. The lowest BCUT2D eigenvalue weighted by molar-refractivity contribution is 1.05. The maximum absolute atomic E-state index is 8.91. The molecule has 0 aliphatic rings. The van der Waals surface area contributed by atoms with E-state index in [1.807, 2.05) is 13.0 Å². The molecule has 0 saturated heterocycles. The van der Waals surface area contributed by atoms with Crippen molar-refractivity contribution in [3.63, 3.8) is 0 Å². The fraction of sp³-hybridized carbons (Fsp3) is 0.400. The number of nitriles is 1. The van der Waals surface area contributed by atoms with E-state index < -0.39 is 0 Å². The van der Waals surface area contributed by atoms with Gasteiger partial charge in [0.15, 0.2) is 0 Å². The van der Waals surface area contributed by atoms with Gasteiger partial charge in [-0.05, 0) is 18.6 Å². The monoisotopic (exact) mass is 192 g/mol. The first-order valence-corrected chi connectivity index (χ1v) is 5.05. The van der Waals surface area contributed by atoms with Crippen LogP contribution in [0.5, 0.6) is 0 Å². The van der Waals surface area contributed by atoms with Crippen LogP contribution >= 0.6 is 11.8 Å².